The Balaban J connectivity index is 2.32. The molecule has 4 heteroatoms. The van der Waals surface area contributed by atoms with Crippen LogP contribution in [0.3, 0.4) is 0 Å². The van der Waals surface area contributed by atoms with Gasteiger partial charge in [0.15, 0.2) is 0 Å². The Morgan fingerprint density at radius 2 is 2.28 bits per heavy atom. The van der Waals surface area contributed by atoms with E-state index in [0.29, 0.717) is 25.9 Å². The van der Waals surface area contributed by atoms with Crippen molar-refractivity contribution in [3.05, 3.63) is 35.6 Å². The van der Waals surface area contributed by atoms with Gasteiger partial charge in [0, 0.05) is 13.0 Å². The summed E-state index contributed by atoms with van der Waals surface area (Å²) in [5.41, 5.74) is 6.27. The maximum atomic E-state index is 13.0. The van der Waals surface area contributed by atoms with E-state index in [1.807, 2.05) is 13.0 Å². The SMILES string of the molecule is CC(CC(=O)NCCCN)Cc1cccc(F)c1. The fourth-order valence-electron chi connectivity index (χ4n) is 1.86. The first-order chi connectivity index (χ1) is 8.61. The van der Waals surface area contributed by atoms with Gasteiger partial charge in [0.25, 0.3) is 0 Å². The van der Waals surface area contributed by atoms with Gasteiger partial charge in [-0.2, -0.15) is 0 Å². The molecule has 0 saturated heterocycles. The van der Waals surface area contributed by atoms with Crippen molar-refractivity contribution < 1.29 is 9.18 Å². The van der Waals surface area contributed by atoms with Gasteiger partial charge in [0.05, 0.1) is 0 Å². The van der Waals surface area contributed by atoms with E-state index in [2.05, 4.69) is 5.32 Å². The molecule has 1 aromatic rings. The number of halogens is 1. The number of nitrogens with one attached hydrogen (secondary N) is 1. The largest absolute Gasteiger partial charge is 0.356 e. The predicted octanol–water partition coefficient (Wildman–Crippen LogP) is 1.86. The highest BCUT2D eigenvalue weighted by atomic mass is 19.1. The van der Waals surface area contributed by atoms with Crippen LogP contribution >= 0.6 is 0 Å². The molecule has 1 aromatic carbocycles. The van der Waals surface area contributed by atoms with E-state index < -0.39 is 0 Å². The Kier molecular flexibility index (Phi) is 6.36. The lowest BCUT2D eigenvalue weighted by Crippen LogP contribution is -2.27. The van der Waals surface area contributed by atoms with Crippen LogP contribution in [0.15, 0.2) is 24.3 Å². The fraction of sp³-hybridized carbons (Fsp3) is 0.500. The summed E-state index contributed by atoms with van der Waals surface area (Å²) in [6, 6.07) is 6.52. The molecule has 3 N–H and O–H groups in total. The van der Waals surface area contributed by atoms with Crippen molar-refractivity contribution in [2.75, 3.05) is 13.1 Å². The molecule has 1 atom stereocenters. The summed E-state index contributed by atoms with van der Waals surface area (Å²) in [4.78, 5) is 11.6. The second-order valence-corrected chi connectivity index (χ2v) is 4.64. The van der Waals surface area contributed by atoms with Gasteiger partial charge in [-0.1, -0.05) is 19.1 Å². The minimum Gasteiger partial charge on any atom is -0.356 e. The molecule has 100 valence electrons. The van der Waals surface area contributed by atoms with Crippen molar-refractivity contribution in [3.8, 4) is 0 Å². The van der Waals surface area contributed by atoms with E-state index in [0.717, 1.165) is 12.0 Å². The van der Waals surface area contributed by atoms with Crippen molar-refractivity contribution in [1.29, 1.82) is 0 Å². The third-order valence-corrected chi connectivity index (χ3v) is 2.71. The molecule has 0 aliphatic heterocycles. The van der Waals surface area contributed by atoms with Gasteiger partial charge >= 0.3 is 0 Å². The summed E-state index contributed by atoms with van der Waals surface area (Å²) in [6.07, 6.45) is 1.97. The fourth-order valence-corrected chi connectivity index (χ4v) is 1.86. The standard InChI is InChI=1S/C14H21FN2O/c1-11(9-14(18)17-7-3-6-16)8-12-4-2-5-13(15)10-12/h2,4-5,10-11H,3,6-9,16H2,1H3,(H,17,18). The van der Waals surface area contributed by atoms with Gasteiger partial charge in [-0.25, -0.2) is 4.39 Å². The Bertz CT molecular complexity index is 382. The average molecular weight is 252 g/mol. The van der Waals surface area contributed by atoms with Crippen LogP contribution in [0.25, 0.3) is 0 Å². The van der Waals surface area contributed by atoms with Crippen molar-refractivity contribution >= 4 is 5.91 Å². The van der Waals surface area contributed by atoms with Gasteiger partial charge in [0.2, 0.25) is 5.91 Å². The molecule has 0 bridgehead atoms. The number of nitrogens with two attached hydrogens (primary N) is 1. The first kappa shape index (κ1) is 14.6. The first-order valence-corrected chi connectivity index (χ1v) is 6.33. The van der Waals surface area contributed by atoms with Crippen LogP contribution in [-0.2, 0) is 11.2 Å². The van der Waals surface area contributed by atoms with Crippen molar-refractivity contribution in [2.24, 2.45) is 11.7 Å². The maximum Gasteiger partial charge on any atom is 0.220 e. The summed E-state index contributed by atoms with van der Waals surface area (Å²) < 4.78 is 13.0. The summed E-state index contributed by atoms with van der Waals surface area (Å²) in [7, 11) is 0. The number of rotatable bonds is 7. The minimum absolute atomic E-state index is 0.0346. The molecule has 3 nitrogen and oxygen atoms in total. The smallest absolute Gasteiger partial charge is 0.220 e. The number of hydrogen-bond donors (Lipinski definition) is 2. The molecule has 1 rings (SSSR count). The molecule has 0 radical (unpaired) electrons. The Morgan fingerprint density at radius 3 is 2.94 bits per heavy atom. The molecular formula is C14H21FN2O. The highest BCUT2D eigenvalue weighted by Gasteiger charge is 2.09. The Hall–Kier alpha value is -1.42. The normalized spacial score (nSPS) is 12.2. The lowest BCUT2D eigenvalue weighted by Gasteiger charge is -2.11. The van der Waals surface area contributed by atoms with Crippen LogP contribution in [0, 0.1) is 11.7 Å². The molecular weight excluding hydrogens is 231 g/mol. The van der Waals surface area contributed by atoms with E-state index in [9.17, 15) is 9.18 Å². The molecule has 0 heterocycles. The summed E-state index contributed by atoms with van der Waals surface area (Å²) in [5.74, 6) is 0.00382. The van der Waals surface area contributed by atoms with Crippen molar-refractivity contribution in [2.45, 2.75) is 26.2 Å². The number of carbonyl (C=O) groups is 1. The zero-order chi connectivity index (χ0) is 13.4. The molecule has 0 aliphatic rings. The van der Waals surface area contributed by atoms with E-state index in [4.69, 9.17) is 5.73 Å². The quantitative estimate of drug-likeness (QED) is 0.728. The molecule has 0 saturated carbocycles. The van der Waals surface area contributed by atoms with Gasteiger partial charge in [-0.3, -0.25) is 4.79 Å². The molecule has 1 unspecified atom stereocenters. The highest BCUT2D eigenvalue weighted by molar-refractivity contribution is 5.76. The van der Waals surface area contributed by atoms with Crippen LogP contribution in [0.4, 0.5) is 4.39 Å². The molecule has 0 aliphatic carbocycles. The van der Waals surface area contributed by atoms with Crippen LogP contribution in [0.2, 0.25) is 0 Å². The summed E-state index contributed by atoms with van der Waals surface area (Å²) in [6.45, 7) is 3.20. The van der Waals surface area contributed by atoms with Crippen LogP contribution in [0.5, 0.6) is 0 Å². The van der Waals surface area contributed by atoms with Crippen molar-refractivity contribution in [1.82, 2.24) is 5.32 Å². The maximum absolute atomic E-state index is 13.0. The monoisotopic (exact) mass is 252 g/mol. The van der Waals surface area contributed by atoms with Gasteiger partial charge in [-0.15, -0.1) is 0 Å². The predicted molar refractivity (Wildman–Crippen MR) is 70.6 cm³/mol. The second-order valence-electron chi connectivity index (χ2n) is 4.64. The van der Waals surface area contributed by atoms with Gasteiger partial charge in [-0.05, 0) is 43.0 Å². The van der Waals surface area contributed by atoms with Crippen molar-refractivity contribution in [3.63, 3.8) is 0 Å². The number of carbonyl (C=O) groups excluding carboxylic acids is 1. The van der Waals surface area contributed by atoms with E-state index >= 15 is 0 Å². The van der Waals surface area contributed by atoms with E-state index in [1.165, 1.54) is 12.1 Å². The number of amides is 1. The second kappa shape index (κ2) is 7.82. The van der Waals surface area contributed by atoms with Gasteiger partial charge in [0.1, 0.15) is 5.82 Å². The topological polar surface area (TPSA) is 55.1 Å². The lowest BCUT2D eigenvalue weighted by atomic mass is 9.98. The average Bonchev–Trinajstić information content (AvgIpc) is 2.29. The highest BCUT2D eigenvalue weighted by Crippen LogP contribution is 2.12. The summed E-state index contributed by atoms with van der Waals surface area (Å²) >= 11 is 0. The number of hydrogen-bond acceptors (Lipinski definition) is 2. The summed E-state index contributed by atoms with van der Waals surface area (Å²) in [5, 5.41) is 2.82. The molecule has 18 heavy (non-hydrogen) atoms. The Morgan fingerprint density at radius 1 is 1.50 bits per heavy atom. The molecule has 0 spiro atoms. The molecule has 1 amide bonds. The first-order valence-electron chi connectivity index (χ1n) is 6.33. The van der Waals surface area contributed by atoms with Crippen LogP contribution < -0.4 is 11.1 Å². The van der Waals surface area contributed by atoms with Crippen LogP contribution in [-0.4, -0.2) is 19.0 Å². The lowest BCUT2D eigenvalue weighted by molar-refractivity contribution is -0.121. The van der Waals surface area contributed by atoms with Gasteiger partial charge < -0.3 is 11.1 Å². The minimum atomic E-state index is -0.230. The Labute approximate surface area is 108 Å². The zero-order valence-corrected chi connectivity index (χ0v) is 10.8. The third-order valence-electron chi connectivity index (χ3n) is 2.71. The molecule has 0 aromatic heterocycles. The number of benzene rings is 1. The third kappa shape index (κ3) is 5.77. The van der Waals surface area contributed by atoms with E-state index in [-0.39, 0.29) is 17.6 Å². The zero-order valence-electron chi connectivity index (χ0n) is 10.8. The molecule has 0 fully saturated rings. The van der Waals surface area contributed by atoms with E-state index in [1.54, 1.807) is 6.07 Å². The van der Waals surface area contributed by atoms with Crippen LogP contribution in [0.1, 0.15) is 25.3 Å².